The molecule has 0 aliphatic rings. The maximum absolute atomic E-state index is 12.4. The van der Waals surface area contributed by atoms with Gasteiger partial charge in [0.1, 0.15) is 5.52 Å². The highest BCUT2D eigenvalue weighted by Gasteiger charge is 2.12. The van der Waals surface area contributed by atoms with E-state index in [0.29, 0.717) is 36.7 Å². The van der Waals surface area contributed by atoms with Crippen LogP contribution < -0.4 is 10.6 Å². The summed E-state index contributed by atoms with van der Waals surface area (Å²) >= 11 is 0. The van der Waals surface area contributed by atoms with Gasteiger partial charge in [-0.3, -0.25) is 4.79 Å². The third kappa shape index (κ3) is 6.50. The highest BCUT2D eigenvalue weighted by Crippen LogP contribution is 2.30. The van der Waals surface area contributed by atoms with Crippen LogP contribution in [-0.4, -0.2) is 30.1 Å². The fourth-order valence-corrected chi connectivity index (χ4v) is 3.92. The highest BCUT2D eigenvalue weighted by molar-refractivity contribution is 5.91. The van der Waals surface area contributed by atoms with E-state index in [1.807, 2.05) is 61.5 Å². The summed E-state index contributed by atoms with van der Waals surface area (Å²) in [6.45, 7) is 4.67. The van der Waals surface area contributed by atoms with E-state index in [-0.39, 0.29) is 12.0 Å². The first-order valence-electron chi connectivity index (χ1n) is 12.3. The van der Waals surface area contributed by atoms with Crippen molar-refractivity contribution in [2.24, 2.45) is 0 Å². The lowest BCUT2D eigenvalue weighted by Gasteiger charge is -2.11. The SMILES string of the molecule is CCOC(=O)CCCCCNC(=O)Nc1cc(-c2nc3cc(-c4ccccc4)ccc3o2)ccc1C. The molecule has 2 amide bonds. The fourth-order valence-electron chi connectivity index (χ4n) is 3.92. The van der Waals surface area contributed by atoms with E-state index >= 15 is 0 Å². The summed E-state index contributed by atoms with van der Waals surface area (Å²) in [5.74, 6) is 0.328. The standard InChI is InChI=1S/C29H31N3O4/c1-3-35-27(33)12-8-5-9-17-30-29(34)32-24-19-23(14-13-20(24)2)28-31-25-18-22(15-16-26(25)36-28)21-10-6-4-7-11-21/h4,6-7,10-11,13-16,18-19H,3,5,8-9,12,17H2,1-2H3,(H2,30,32,34). The number of urea groups is 1. The second-order valence-corrected chi connectivity index (χ2v) is 8.59. The third-order valence-electron chi connectivity index (χ3n) is 5.88. The number of fused-ring (bicyclic) bond motifs is 1. The summed E-state index contributed by atoms with van der Waals surface area (Å²) < 4.78 is 10.9. The second kappa shape index (κ2) is 12.0. The maximum Gasteiger partial charge on any atom is 0.319 e. The number of unbranched alkanes of at least 4 members (excludes halogenated alkanes) is 2. The molecule has 0 spiro atoms. The first-order valence-corrected chi connectivity index (χ1v) is 12.3. The van der Waals surface area contributed by atoms with Gasteiger partial charge in [-0.1, -0.05) is 48.9 Å². The molecule has 0 saturated carbocycles. The number of oxazole rings is 1. The van der Waals surface area contributed by atoms with Gasteiger partial charge in [0.25, 0.3) is 0 Å². The zero-order valence-corrected chi connectivity index (χ0v) is 20.7. The zero-order valence-electron chi connectivity index (χ0n) is 20.7. The van der Waals surface area contributed by atoms with Crippen LogP contribution in [0, 0.1) is 6.92 Å². The number of benzene rings is 3. The molecule has 0 saturated heterocycles. The van der Waals surface area contributed by atoms with Gasteiger partial charge < -0.3 is 19.8 Å². The zero-order chi connectivity index (χ0) is 25.3. The van der Waals surface area contributed by atoms with Crippen molar-refractivity contribution in [1.29, 1.82) is 0 Å². The van der Waals surface area contributed by atoms with Crippen LogP contribution in [0.5, 0.6) is 0 Å². The number of amides is 2. The Balaban J connectivity index is 1.36. The molecule has 4 aromatic rings. The fraction of sp³-hybridized carbons (Fsp3) is 0.276. The normalized spacial score (nSPS) is 10.8. The largest absolute Gasteiger partial charge is 0.466 e. The molecule has 0 bridgehead atoms. The molecule has 186 valence electrons. The van der Waals surface area contributed by atoms with E-state index < -0.39 is 0 Å². The van der Waals surface area contributed by atoms with Crippen LogP contribution in [-0.2, 0) is 9.53 Å². The van der Waals surface area contributed by atoms with Gasteiger partial charge in [0.2, 0.25) is 5.89 Å². The van der Waals surface area contributed by atoms with Gasteiger partial charge in [-0.2, -0.15) is 0 Å². The molecule has 3 aromatic carbocycles. The first kappa shape index (κ1) is 25.0. The molecule has 0 atom stereocenters. The second-order valence-electron chi connectivity index (χ2n) is 8.59. The molecular formula is C29H31N3O4. The number of esters is 1. The molecule has 0 unspecified atom stereocenters. The van der Waals surface area contributed by atoms with E-state index in [0.717, 1.165) is 47.0 Å². The van der Waals surface area contributed by atoms with E-state index in [9.17, 15) is 9.59 Å². The van der Waals surface area contributed by atoms with Crippen LogP contribution >= 0.6 is 0 Å². The van der Waals surface area contributed by atoms with E-state index in [4.69, 9.17) is 14.1 Å². The summed E-state index contributed by atoms with van der Waals surface area (Å²) in [7, 11) is 0. The molecule has 0 fully saturated rings. The van der Waals surface area contributed by atoms with Crippen LogP contribution in [0.15, 0.2) is 71.1 Å². The number of hydrogen-bond acceptors (Lipinski definition) is 5. The molecule has 7 heteroatoms. The molecule has 0 aliphatic heterocycles. The van der Waals surface area contributed by atoms with E-state index in [1.165, 1.54) is 0 Å². The van der Waals surface area contributed by atoms with Crippen molar-refractivity contribution in [1.82, 2.24) is 10.3 Å². The summed E-state index contributed by atoms with van der Waals surface area (Å²) in [6.07, 6.45) is 2.80. The number of rotatable bonds is 10. The Bertz CT molecular complexity index is 1330. The van der Waals surface area contributed by atoms with Crippen molar-refractivity contribution in [2.45, 2.75) is 39.5 Å². The molecule has 0 radical (unpaired) electrons. The van der Waals surface area contributed by atoms with Crippen molar-refractivity contribution in [3.8, 4) is 22.6 Å². The van der Waals surface area contributed by atoms with Crippen LogP contribution in [0.2, 0.25) is 0 Å². The molecule has 1 heterocycles. The number of nitrogens with zero attached hydrogens (tertiary/aromatic N) is 1. The van der Waals surface area contributed by atoms with Gasteiger partial charge in [0.05, 0.1) is 6.61 Å². The number of carbonyl (C=O) groups is 2. The number of ether oxygens (including phenoxy) is 1. The van der Waals surface area contributed by atoms with Gasteiger partial charge in [-0.15, -0.1) is 0 Å². The van der Waals surface area contributed by atoms with Gasteiger partial charge in [0, 0.05) is 24.2 Å². The Morgan fingerprint density at radius 1 is 0.917 bits per heavy atom. The number of aryl methyl sites for hydroxylation is 1. The molecule has 4 rings (SSSR count). The number of hydrogen-bond donors (Lipinski definition) is 2. The van der Waals surface area contributed by atoms with Crippen LogP contribution in [0.25, 0.3) is 33.7 Å². The smallest absolute Gasteiger partial charge is 0.319 e. The maximum atomic E-state index is 12.4. The van der Waals surface area contributed by atoms with Crippen LogP contribution in [0.3, 0.4) is 0 Å². The minimum absolute atomic E-state index is 0.172. The monoisotopic (exact) mass is 485 g/mol. The van der Waals surface area contributed by atoms with Gasteiger partial charge in [-0.05, 0) is 67.6 Å². The molecular weight excluding hydrogens is 454 g/mol. The van der Waals surface area contributed by atoms with Crippen molar-refractivity contribution in [3.63, 3.8) is 0 Å². The Hall–Kier alpha value is -4.13. The third-order valence-corrected chi connectivity index (χ3v) is 5.88. The molecule has 7 nitrogen and oxygen atoms in total. The highest BCUT2D eigenvalue weighted by atomic mass is 16.5. The molecule has 36 heavy (non-hydrogen) atoms. The lowest BCUT2D eigenvalue weighted by molar-refractivity contribution is -0.143. The predicted molar refractivity (Wildman–Crippen MR) is 142 cm³/mol. The topological polar surface area (TPSA) is 93.5 Å². The minimum atomic E-state index is -0.272. The molecule has 2 N–H and O–H groups in total. The average Bonchev–Trinajstić information content (AvgIpc) is 3.31. The Morgan fingerprint density at radius 3 is 2.53 bits per heavy atom. The predicted octanol–water partition coefficient (Wildman–Crippen LogP) is 6.72. The van der Waals surface area contributed by atoms with Crippen molar-refractivity contribution in [3.05, 3.63) is 72.3 Å². The summed E-state index contributed by atoms with van der Waals surface area (Å²) in [5, 5.41) is 5.79. The number of aromatic nitrogens is 1. The number of nitrogens with one attached hydrogen (secondary N) is 2. The molecule has 1 aromatic heterocycles. The quantitative estimate of drug-likeness (QED) is 0.192. The number of anilines is 1. The van der Waals surface area contributed by atoms with Crippen LogP contribution in [0.1, 0.15) is 38.2 Å². The van der Waals surface area contributed by atoms with Gasteiger partial charge in [-0.25, -0.2) is 9.78 Å². The summed E-state index contributed by atoms with van der Waals surface area (Å²) in [6, 6.07) is 21.6. The van der Waals surface area contributed by atoms with Crippen molar-refractivity contribution in [2.75, 3.05) is 18.5 Å². The first-order chi connectivity index (χ1) is 17.5. The number of carbonyl (C=O) groups excluding carboxylic acids is 2. The van der Waals surface area contributed by atoms with E-state index in [2.05, 4.69) is 22.8 Å². The lowest BCUT2D eigenvalue weighted by atomic mass is 10.1. The lowest BCUT2D eigenvalue weighted by Crippen LogP contribution is -2.29. The Labute approximate surface area is 210 Å². The summed E-state index contributed by atoms with van der Waals surface area (Å²) in [4.78, 5) is 28.5. The Morgan fingerprint density at radius 2 is 1.72 bits per heavy atom. The van der Waals surface area contributed by atoms with Crippen molar-refractivity contribution < 1.29 is 18.7 Å². The minimum Gasteiger partial charge on any atom is -0.466 e. The average molecular weight is 486 g/mol. The van der Waals surface area contributed by atoms with E-state index in [1.54, 1.807) is 6.92 Å². The Kier molecular flexibility index (Phi) is 8.34. The van der Waals surface area contributed by atoms with Crippen LogP contribution in [0.4, 0.5) is 10.5 Å². The molecule has 0 aliphatic carbocycles. The van der Waals surface area contributed by atoms with Crippen molar-refractivity contribution >= 4 is 28.8 Å². The summed E-state index contributed by atoms with van der Waals surface area (Å²) in [5.41, 5.74) is 6.10. The van der Waals surface area contributed by atoms with Gasteiger partial charge in [0.15, 0.2) is 5.58 Å². The van der Waals surface area contributed by atoms with Gasteiger partial charge >= 0.3 is 12.0 Å².